The predicted octanol–water partition coefficient (Wildman–Crippen LogP) is 11.3. The first kappa shape index (κ1) is 24.7. The van der Waals surface area contributed by atoms with E-state index in [2.05, 4.69) is 149 Å². The average Bonchev–Trinajstić information content (AvgIpc) is 3.74. The minimum atomic E-state index is 1.03. The number of aromatic nitrogens is 3. The van der Waals surface area contributed by atoms with E-state index in [1.54, 1.807) is 0 Å². The third kappa shape index (κ3) is 3.60. The second-order valence-electron chi connectivity index (χ2n) is 11.6. The van der Waals surface area contributed by atoms with Gasteiger partial charge in [-0.3, -0.25) is 4.98 Å². The molecule has 0 N–H and O–H groups in total. The number of fused-ring (bicyclic) bond motifs is 9. The van der Waals surface area contributed by atoms with Crippen molar-refractivity contribution in [3.63, 3.8) is 0 Å². The first-order chi connectivity index (χ1) is 22.3. The van der Waals surface area contributed by atoms with Gasteiger partial charge in [-0.25, -0.2) is 0 Å². The van der Waals surface area contributed by atoms with Crippen LogP contribution < -0.4 is 0 Å². The van der Waals surface area contributed by atoms with Crippen LogP contribution in [0.4, 0.5) is 0 Å². The minimum Gasteiger partial charge on any atom is -0.309 e. The summed E-state index contributed by atoms with van der Waals surface area (Å²) in [5.41, 5.74) is 10.4. The zero-order chi connectivity index (χ0) is 29.5. The maximum absolute atomic E-state index is 4.88. The Morgan fingerprint density at radius 2 is 1.00 bits per heavy atom. The molecule has 0 saturated carbocycles. The Hall–Kier alpha value is -5.71. The van der Waals surface area contributed by atoms with E-state index in [0.29, 0.717) is 0 Å². The van der Waals surface area contributed by atoms with Gasteiger partial charge in [0.15, 0.2) is 0 Å². The van der Waals surface area contributed by atoms with Gasteiger partial charge in [-0.15, -0.1) is 11.3 Å². The van der Waals surface area contributed by atoms with Gasteiger partial charge in [0.05, 0.1) is 27.6 Å². The predicted molar refractivity (Wildman–Crippen MR) is 191 cm³/mol. The van der Waals surface area contributed by atoms with Crippen LogP contribution in [0, 0.1) is 0 Å². The zero-order valence-corrected chi connectivity index (χ0v) is 25.0. The van der Waals surface area contributed by atoms with Gasteiger partial charge in [-0.2, -0.15) is 0 Å². The van der Waals surface area contributed by atoms with Gasteiger partial charge in [0.25, 0.3) is 0 Å². The van der Waals surface area contributed by atoms with Crippen LogP contribution >= 0.6 is 11.3 Å². The maximum atomic E-state index is 4.88. The molecule has 6 aromatic carbocycles. The molecule has 4 heteroatoms. The Kier molecular flexibility index (Phi) is 5.16. The molecule has 0 unspecified atom stereocenters. The van der Waals surface area contributed by atoms with Crippen LogP contribution in [0.2, 0.25) is 0 Å². The molecular weight excluding hydrogens is 567 g/mol. The molecule has 4 aromatic heterocycles. The molecule has 3 nitrogen and oxygen atoms in total. The van der Waals surface area contributed by atoms with E-state index in [1.165, 1.54) is 64.0 Å². The zero-order valence-electron chi connectivity index (χ0n) is 24.2. The molecule has 0 fully saturated rings. The lowest BCUT2D eigenvalue weighted by Crippen LogP contribution is -1.96. The second-order valence-corrected chi connectivity index (χ2v) is 12.7. The fourth-order valence-corrected chi connectivity index (χ4v) is 8.30. The maximum Gasteiger partial charge on any atom is 0.0963 e. The van der Waals surface area contributed by atoms with Crippen molar-refractivity contribution in [1.29, 1.82) is 0 Å². The smallest absolute Gasteiger partial charge is 0.0963 e. The Balaban J connectivity index is 1.17. The molecular formula is C41H25N3S. The summed E-state index contributed by atoms with van der Waals surface area (Å²) in [5, 5.41) is 6.33. The molecule has 0 aliphatic heterocycles. The van der Waals surface area contributed by atoms with E-state index in [1.807, 2.05) is 23.6 Å². The van der Waals surface area contributed by atoms with Gasteiger partial charge >= 0.3 is 0 Å². The van der Waals surface area contributed by atoms with Gasteiger partial charge < -0.3 is 9.13 Å². The highest BCUT2D eigenvalue weighted by Gasteiger charge is 2.17. The Bertz CT molecular complexity index is 2720. The normalized spacial score (nSPS) is 12.0. The summed E-state index contributed by atoms with van der Waals surface area (Å²) >= 11 is 1.86. The first-order valence-corrected chi connectivity index (χ1v) is 16.0. The SMILES string of the molecule is c1cc(-c2cccc(-n3c4cc5sc6ccccc6c5cc4c4ncccc43)c2)cc(-n2c3ccccc3c3ccccc32)c1. The van der Waals surface area contributed by atoms with Crippen molar-refractivity contribution in [1.82, 2.24) is 14.1 Å². The standard InChI is InChI=1S/C41H25N3S/c1-4-17-35-30(14-1)31-15-2-5-18-36(31)43(35)28-12-7-10-26(22-28)27-11-8-13-29(23-27)44-37-19-9-21-42-41(37)34-24-33-32-16-3-6-20-39(32)45-40(33)25-38(34)44/h1-25H. The number of hydrogen-bond donors (Lipinski definition) is 0. The summed E-state index contributed by atoms with van der Waals surface area (Å²) in [7, 11) is 0. The number of nitrogens with zero attached hydrogens (tertiary/aromatic N) is 3. The third-order valence-electron chi connectivity index (χ3n) is 9.14. The number of thiophene rings is 1. The Morgan fingerprint density at radius 3 is 1.71 bits per heavy atom. The number of pyridine rings is 1. The monoisotopic (exact) mass is 591 g/mol. The molecule has 0 amide bonds. The lowest BCUT2D eigenvalue weighted by atomic mass is 10.0. The quantitative estimate of drug-likeness (QED) is 0.200. The third-order valence-corrected chi connectivity index (χ3v) is 10.3. The van der Waals surface area contributed by atoms with Crippen molar-refractivity contribution in [2.45, 2.75) is 0 Å². The summed E-state index contributed by atoms with van der Waals surface area (Å²) < 4.78 is 7.37. The molecule has 0 spiro atoms. The molecule has 0 aliphatic carbocycles. The average molecular weight is 592 g/mol. The summed E-state index contributed by atoms with van der Waals surface area (Å²) in [6.07, 6.45) is 1.90. The van der Waals surface area contributed by atoms with Gasteiger partial charge in [0.1, 0.15) is 0 Å². The van der Waals surface area contributed by atoms with Crippen molar-refractivity contribution in [3.8, 4) is 22.5 Å². The molecule has 4 heterocycles. The van der Waals surface area contributed by atoms with Crippen molar-refractivity contribution in [2.75, 3.05) is 0 Å². The number of hydrogen-bond acceptors (Lipinski definition) is 2. The molecule has 0 atom stereocenters. The summed E-state index contributed by atoms with van der Waals surface area (Å²) in [6.45, 7) is 0. The molecule has 10 rings (SSSR count). The largest absolute Gasteiger partial charge is 0.309 e. The van der Waals surface area contributed by atoms with E-state index in [-0.39, 0.29) is 0 Å². The highest BCUT2D eigenvalue weighted by Crippen LogP contribution is 2.40. The molecule has 210 valence electrons. The second kappa shape index (κ2) is 9.39. The van der Waals surface area contributed by atoms with Crippen LogP contribution in [0.5, 0.6) is 0 Å². The molecule has 0 bridgehead atoms. The topological polar surface area (TPSA) is 22.8 Å². The van der Waals surface area contributed by atoms with Crippen molar-refractivity contribution < 1.29 is 0 Å². The summed E-state index contributed by atoms with van der Waals surface area (Å²) in [6, 6.07) is 52.8. The fraction of sp³-hybridized carbons (Fsp3) is 0. The summed E-state index contributed by atoms with van der Waals surface area (Å²) in [4.78, 5) is 4.88. The van der Waals surface area contributed by atoms with Crippen molar-refractivity contribution in [2.24, 2.45) is 0 Å². The fourth-order valence-electron chi connectivity index (χ4n) is 7.18. The lowest BCUT2D eigenvalue weighted by Gasteiger charge is -2.12. The first-order valence-electron chi connectivity index (χ1n) is 15.2. The molecule has 10 aromatic rings. The molecule has 0 saturated heterocycles. The van der Waals surface area contributed by atoms with E-state index < -0.39 is 0 Å². The van der Waals surface area contributed by atoms with E-state index in [9.17, 15) is 0 Å². The number of rotatable bonds is 3. The molecule has 0 aliphatic rings. The van der Waals surface area contributed by atoms with Gasteiger partial charge in [-0.1, -0.05) is 78.9 Å². The Labute approximate surface area is 262 Å². The van der Waals surface area contributed by atoms with Crippen molar-refractivity contribution in [3.05, 3.63) is 152 Å². The Morgan fingerprint density at radius 1 is 0.400 bits per heavy atom. The molecule has 45 heavy (non-hydrogen) atoms. The molecule has 0 radical (unpaired) electrons. The summed E-state index contributed by atoms with van der Waals surface area (Å²) in [5.74, 6) is 0. The number of para-hydroxylation sites is 2. The highest BCUT2D eigenvalue weighted by atomic mass is 32.1. The minimum absolute atomic E-state index is 1.03. The highest BCUT2D eigenvalue weighted by molar-refractivity contribution is 7.25. The van der Waals surface area contributed by atoms with E-state index >= 15 is 0 Å². The van der Waals surface area contributed by atoms with Gasteiger partial charge in [-0.05, 0) is 77.9 Å². The lowest BCUT2D eigenvalue weighted by molar-refractivity contribution is 1.17. The van der Waals surface area contributed by atoms with Gasteiger partial charge in [0, 0.05) is 53.9 Å². The van der Waals surface area contributed by atoms with Crippen LogP contribution in [0.25, 0.3) is 86.4 Å². The van der Waals surface area contributed by atoms with Gasteiger partial charge in [0.2, 0.25) is 0 Å². The van der Waals surface area contributed by atoms with E-state index in [0.717, 1.165) is 22.4 Å². The van der Waals surface area contributed by atoms with Crippen LogP contribution in [0.15, 0.2) is 152 Å². The van der Waals surface area contributed by atoms with Crippen LogP contribution in [-0.4, -0.2) is 14.1 Å². The van der Waals surface area contributed by atoms with Crippen LogP contribution in [0.1, 0.15) is 0 Å². The van der Waals surface area contributed by atoms with Crippen LogP contribution in [0.3, 0.4) is 0 Å². The van der Waals surface area contributed by atoms with Crippen LogP contribution in [-0.2, 0) is 0 Å². The number of benzene rings is 6. The van der Waals surface area contributed by atoms with E-state index in [4.69, 9.17) is 4.98 Å². The van der Waals surface area contributed by atoms with Crippen molar-refractivity contribution >= 4 is 75.3 Å².